The Bertz CT molecular complexity index is 305. The Morgan fingerprint density at radius 3 is 1.95 bits per heavy atom. The summed E-state index contributed by atoms with van der Waals surface area (Å²) in [7, 11) is 0. The topological polar surface area (TPSA) is 53.7 Å². The Kier molecular flexibility index (Phi) is 7.38. The van der Waals surface area contributed by atoms with Gasteiger partial charge in [-0.25, -0.2) is 0 Å². The van der Waals surface area contributed by atoms with E-state index in [4.69, 9.17) is 19.9 Å². The van der Waals surface area contributed by atoms with Crippen molar-refractivity contribution in [1.82, 2.24) is 0 Å². The third kappa shape index (κ3) is 5.41. The summed E-state index contributed by atoms with van der Waals surface area (Å²) in [5.41, 5.74) is 5.32. The normalized spacial score (nSPS) is 27.9. The quantitative estimate of drug-likeness (QED) is 0.486. The SMILES string of the molecule is NCCOCCOCCOCC1C2CCC#CCCC21. The zero-order valence-electron chi connectivity index (χ0n) is 12.3. The molecule has 0 bridgehead atoms. The van der Waals surface area contributed by atoms with Crippen LogP contribution in [0.1, 0.15) is 25.7 Å². The molecule has 0 aromatic heterocycles. The fraction of sp³-hybridized carbons (Fsp3) is 0.875. The van der Waals surface area contributed by atoms with Gasteiger partial charge in [0.05, 0.1) is 39.6 Å². The van der Waals surface area contributed by atoms with Gasteiger partial charge in [0.25, 0.3) is 0 Å². The molecule has 0 amide bonds. The molecule has 0 aromatic rings. The maximum Gasteiger partial charge on any atom is 0.0701 e. The average molecular weight is 281 g/mol. The maximum absolute atomic E-state index is 5.73. The molecule has 0 heterocycles. The molecule has 2 unspecified atom stereocenters. The fourth-order valence-electron chi connectivity index (χ4n) is 3.02. The Labute approximate surface area is 122 Å². The minimum absolute atomic E-state index is 0.567. The first-order chi connectivity index (χ1) is 9.93. The first kappa shape index (κ1) is 15.8. The molecule has 0 saturated heterocycles. The molecule has 2 aliphatic rings. The van der Waals surface area contributed by atoms with Gasteiger partial charge < -0.3 is 19.9 Å². The average Bonchev–Trinajstić information content (AvgIpc) is 3.06. The van der Waals surface area contributed by atoms with Crippen LogP contribution < -0.4 is 5.73 Å². The molecule has 0 radical (unpaired) electrons. The van der Waals surface area contributed by atoms with E-state index in [9.17, 15) is 0 Å². The number of ether oxygens (including phenoxy) is 3. The van der Waals surface area contributed by atoms with Crippen LogP contribution in [0.5, 0.6) is 0 Å². The lowest BCUT2D eigenvalue weighted by Crippen LogP contribution is -2.14. The van der Waals surface area contributed by atoms with Gasteiger partial charge in [-0.05, 0) is 30.6 Å². The standard InChI is InChI=1S/C16H27NO3/c17-7-8-18-9-10-19-11-12-20-13-16-14-5-3-1-2-4-6-15(14)16/h14-16H,3-13,17H2. The molecule has 2 rings (SSSR count). The number of rotatable bonds is 10. The van der Waals surface area contributed by atoms with E-state index in [0.717, 1.165) is 37.2 Å². The second-order valence-corrected chi connectivity index (χ2v) is 5.51. The molecule has 114 valence electrons. The molecule has 4 heteroatoms. The van der Waals surface area contributed by atoms with Gasteiger partial charge in [-0.1, -0.05) is 0 Å². The number of nitrogens with two attached hydrogens (primary N) is 1. The predicted molar refractivity (Wildman–Crippen MR) is 78.2 cm³/mol. The van der Waals surface area contributed by atoms with Crippen molar-refractivity contribution in [1.29, 1.82) is 0 Å². The molecule has 1 saturated carbocycles. The van der Waals surface area contributed by atoms with Crippen molar-refractivity contribution < 1.29 is 14.2 Å². The number of fused-ring (bicyclic) bond motifs is 1. The van der Waals surface area contributed by atoms with Crippen LogP contribution in [-0.4, -0.2) is 46.2 Å². The van der Waals surface area contributed by atoms with E-state index >= 15 is 0 Å². The van der Waals surface area contributed by atoms with Crippen molar-refractivity contribution in [3.8, 4) is 11.8 Å². The highest BCUT2D eigenvalue weighted by molar-refractivity contribution is 5.07. The highest BCUT2D eigenvalue weighted by Crippen LogP contribution is 2.52. The molecule has 0 spiro atoms. The van der Waals surface area contributed by atoms with Crippen LogP contribution in [0.3, 0.4) is 0 Å². The van der Waals surface area contributed by atoms with Gasteiger partial charge in [0.2, 0.25) is 0 Å². The second kappa shape index (κ2) is 9.36. The van der Waals surface area contributed by atoms with Crippen LogP contribution in [0.4, 0.5) is 0 Å². The summed E-state index contributed by atoms with van der Waals surface area (Å²) in [6.45, 7) is 4.63. The van der Waals surface area contributed by atoms with E-state index in [0.29, 0.717) is 39.6 Å². The summed E-state index contributed by atoms with van der Waals surface area (Å²) in [5.74, 6) is 8.99. The monoisotopic (exact) mass is 281 g/mol. The summed E-state index contributed by atoms with van der Waals surface area (Å²) < 4.78 is 16.4. The van der Waals surface area contributed by atoms with Crippen LogP contribution in [0.15, 0.2) is 0 Å². The Balaban J connectivity index is 1.41. The van der Waals surface area contributed by atoms with Crippen molar-refractivity contribution in [3.63, 3.8) is 0 Å². The molecule has 1 fully saturated rings. The van der Waals surface area contributed by atoms with Crippen molar-refractivity contribution in [2.75, 3.05) is 46.2 Å². The highest BCUT2D eigenvalue weighted by Gasteiger charge is 2.48. The lowest BCUT2D eigenvalue weighted by Gasteiger charge is -2.06. The summed E-state index contributed by atoms with van der Waals surface area (Å²) >= 11 is 0. The minimum Gasteiger partial charge on any atom is -0.379 e. The highest BCUT2D eigenvalue weighted by atomic mass is 16.5. The van der Waals surface area contributed by atoms with Crippen molar-refractivity contribution >= 4 is 0 Å². The summed E-state index contributed by atoms with van der Waals surface area (Å²) in [6.07, 6.45) is 4.68. The molecule has 0 aliphatic heterocycles. The smallest absolute Gasteiger partial charge is 0.0701 e. The Hall–Kier alpha value is -0.600. The van der Waals surface area contributed by atoms with Gasteiger partial charge in [-0.3, -0.25) is 0 Å². The molecule has 2 aliphatic carbocycles. The molecule has 4 nitrogen and oxygen atoms in total. The number of hydrogen-bond acceptors (Lipinski definition) is 4. The molecular weight excluding hydrogens is 254 g/mol. The maximum atomic E-state index is 5.73. The lowest BCUT2D eigenvalue weighted by atomic mass is 10.1. The molecule has 0 aromatic carbocycles. The van der Waals surface area contributed by atoms with Gasteiger partial charge in [0, 0.05) is 19.4 Å². The molecule has 2 N–H and O–H groups in total. The number of hydrogen-bond donors (Lipinski definition) is 1. The minimum atomic E-state index is 0.567. The van der Waals surface area contributed by atoms with Crippen molar-refractivity contribution in [2.45, 2.75) is 25.7 Å². The Morgan fingerprint density at radius 2 is 1.35 bits per heavy atom. The van der Waals surface area contributed by atoms with Gasteiger partial charge in [0.15, 0.2) is 0 Å². The predicted octanol–water partition coefficient (Wildman–Crippen LogP) is 1.43. The van der Waals surface area contributed by atoms with Crippen LogP contribution in [0, 0.1) is 29.6 Å². The van der Waals surface area contributed by atoms with Gasteiger partial charge in [-0.2, -0.15) is 0 Å². The molecular formula is C16H27NO3. The lowest BCUT2D eigenvalue weighted by molar-refractivity contribution is 0.0126. The van der Waals surface area contributed by atoms with E-state index in [1.54, 1.807) is 0 Å². The van der Waals surface area contributed by atoms with Crippen LogP contribution in [0.25, 0.3) is 0 Å². The van der Waals surface area contributed by atoms with E-state index in [1.165, 1.54) is 12.8 Å². The zero-order chi connectivity index (χ0) is 14.0. The van der Waals surface area contributed by atoms with Crippen LogP contribution in [0.2, 0.25) is 0 Å². The summed E-state index contributed by atoms with van der Waals surface area (Å²) in [5, 5.41) is 0. The molecule has 2 atom stereocenters. The largest absolute Gasteiger partial charge is 0.379 e. The van der Waals surface area contributed by atoms with Crippen molar-refractivity contribution in [2.24, 2.45) is 23.5 Å². The fourth-order valence-corrected chi connectivity index (χ4v) is 3.02. The third-order valence-electron chi connectivity index (χ3n) is 4.16. The van der Waals surface area contributed by atoms with Crippen molar-refractivity contribution in [3.05, 3.63) is 0 Å². The van der Waals surface area contributed by atoms with Crippen LogP contribution >= 0.6 is 0 Å². The summed E-state index contributed by atoms with van der Waals surface area (Å²) in [4.78, 5) is 0. The third-order valence-corrected chi connectivity index (χ3v) is 4.16. The van der Waals surface area contributed by atoms with Gasteiger partial charge in [-0.15, -0.1) is 11.8 Å². The summed E-state index contributed by atoms with van der Waals surface area (Å²) in [6, 6.07) is 0. The van der Waals surface area contributed by atoms with Gasteiger partial charge in [0.1, 0.15) is 0 Å². The second-order valence-electron chi connectivity index (χ2n) is 5.51. The van der Waals surface area contributed by atoms with E-state index in [2.05, 4.69) is 11.8 Å². The Morgan fingerprint density at radius 1 is 0.800 bits per heavy atom. The van der Waals surface area contributed by atoms with Crippen LogP contribution in [-0.2, 0) is 14.2 Å². The zero-order valence-corrected chi connectivity index (χ0v) is 12.3. The molecule has 20 heavy (non-hydrogen) atoms. The van der Waals surface area contributed by atoms with E-state index < -0.39 is 0 Å². The van der Waals surface area contributed by atoms with E-state index in [1.807, 2.05) is 0 Å². The van der Waals surface area contributed by atoms with Gasteiger partial charge >= 0.3 is 0 Å². The first-order valence-electron chi connectivity index (χ1n) is 7.82. The first-order valence-corrected chi connectivity index (χ1v) is 7.82. The van der Waals surface area contributed by atoms with E-state index in [-0.39, 0.29) is 0 Å².